The third-order valence-corrected chi connectivity index (χ3v) is 3.84. The summed E-state index contributed by atoms with van der Waals surface area (Å²) in [5.41, 5.74) is 0. The van der Waals surface area contributed by atoms with Gasteiger partial charge in [-0.2, -0.15) is 0 Å². The van der Waals surface area contributed by atoms with Crippen LogP contribution in [0.3, 0.4) is 0 Å². The highest BCUT2D eigenvalue weighted by Crippen LogP contribution is 2.14. The van der Waals surface area contributed by atoms with Gasteiger partial charge in [-0.25, -0.2) is 0 Å². The van der Waals surface area contributed by atoms with E-state index in [0.29, 0.717) is 5.75 Å². The lowest BCUT2D eigenvalue weighted by atomic mass is 10.2. The largest absolute Gasteiger partial charge is 0.395 e. The molecular weight excluding hydrogens is 210 g/mol. The Hall–Kier alpha value is -0.220. The number of aliphatic hydroxyl groups excluding tert-OH is 1. The van der Waals surface area contributed by atoms with Crippen LogP contribution < -0.4 is 0 Å². The average Bonchev–Trinajstić information content (AvgIpc) is 2.53. The highest BCUT2D eigenvalue weighted by molar-refractivity contribution is 8.00. The van der Waals surface area contributed by atoms with E-state index in [2.05, 4.69) is 0 Å². The van der Waals surface area contributed by atoms with Crippen LogP contribution in [0.5, 0.6) is 0 Å². The summed E-state index contributed by atoms with van der Waals surface area (Å²) in [7, 11) is 0. The number of thioether (sulfide) groups is 1. The first kappa shape index (κ1) is 12.8. The zero-order chi connectivity index (χ0) is 11.1. The quantitative estimate of drug-likeness (QED) is 0.797. The number of aliphatic hydroxyl groups is 1. The highest BCUT2D eigenvalue weighted by Gasteiger charge is 2.16. The third-order valence-electron chi connectivity index (χ3n) is 2.71. The first-order valence-corrected chi connectivity index (χ1v) is 6.79. The number of likely N-dealkylation sites (tertiary alicyclic amines) is 1. The lowest BCUT2D eigenvalue weighted by molar-refractivity contribution is -0.128. The predicted molar refractivity (Wildman–Crippen MR) is 64.1 cm³/mol. The van der Waals surface area contributed by atoms with Gasteiger partial charge in [0, 0.05) is 18.3 Å². The Morgan fingerprint density at radius 3 is 2.47 bits per heavy atom. The van der Waals surface area contributed by atoms with Gasteiger partial charge in [-0.1, -0.05) is 19.8 Å². The minimum absolute atomic E-state index is 0.151. The van der Waals surface area contributed by atoms with Crippen molar-refractivity contribution in [2.24, 2.45) is 0 Å². The zero-order valence-corrected chi connectivity index (χ0v) is 10.3. The van der Waals surface area contributed by atoms with E-state index in [0.717, 1.165) is 25.9 Å². The summed E-state index contributed by atoms with van der Waals surface area (Å²) in [6, 6.07) is 0. The lowest BCUT2D eigenvalue weighted by Crippen LogP contribution is -2.33. The van der Waals surface area contributed by atoms with Crippen molar-refractivity contribution in [3.63, 3.8) is 0 Å². The Labute approximate surface area is 96.2 Å². The smallest absolute Gasteiger partial charge is 0.232 e. The minimum atomic E-state index is 0.151. The van der Waals surface area contributed by atoms with E-state index in [-0.39, 0.29) is 17.8 Å². The van der Waals surface area contributed by atoms with Crippen LogP contribution in [-0.2, 0) is 4.79 Å². The van der Waals surface area contributed by atoms with Crippen LogP contribution in [0.1, 0.15) is 32.6 Å². The number of carbonyl (C=O) groups is 1. The van der Waals surface area contributed by atoms with E-state index < -0.39 is 0 Å². The summed E-state index contributed by atoms with van der Waals surface area (Å²) in [5, 5.41) is 9.02. The summed E-state index contributed by atoms with van der Waals surface area (Å²) < 4.78 is 0. The Bertz CT molecular complexity index is 191. The number of hydrogen-bond acceptors (Lipinski definition) is 3. The van der Waals surface area contributed by atoms with Crippen molar-refractivity contribution < 1.29 is 9.90 Å². The summed E-state index contributed by atoms with van der Waals surface area (Å²) >= 11 is 1.54. The number of nitrogens with zero attached hydrogens (tertiary/aromatic N) is 1. The van der Waals surface area contributed by atoms with Crippen LogP contribution in [0, 0.1) is 0 Å². The Morgan fingerprint density at radius 2 is 1.93 bits per heavy atom. The van der Waals surface area contributed by atoms with Gasteiger partial charge in [-0.3, -0.25) is 4.79 Å². The molecule has 0 radical (unpaired) electrons. The molecule has 1 rings (SSSR count). The number of rotatable bonds is 4. The van der Waals surface area contributed by atoms with Crippen molar-refractivity contribution in [3.05, 3.63) is 0 Å². The maximum Gasteiger partial charge on any atom is 0.232 e. The van der Waals surface area contributed by atoms with Gasteiger partial charge in [0.2, 0.25) is 5.91 Å². The molecule has 1 saturated heterocycles. The lowest BCUT2D eigenvalue weighted by Gasteiger charge is -2.20. The maximum absolute atomic E-state index is 11.8. The van der Waals surface area contributed by atoms with Crippen LogP contribution in [0.4, 0.5) is 0 Å². The molecule has 0 aromatic rings. The molecule has 1 N–H and O–H groups in total. The second kappa shape index (κ2) is 7.12. The second-order valence-electron chi connectivity index (χ2n) is 4.10. The van der Waals surface area contributed by atoms with Crippen molar-refractivity contribution in [2.45, 2.75) is 37.9 Å². The molecule has 1 aliphatic rings. The van der Waals surface area contributed by atoms with E-state index in [1.165, 1.54) is 12.8 Å². The molecule has 0 spiro atoms. The fourth-order valence-electron chi connectivity index (χ4n) is 1.68. The predicted octanol–water partition coefficient (Wildman–Crippen LogP) is 1.50. The number of amides is 1. The molecule has 1 unspecified atom stereocenters. The molecule has 15 heavy (non-hydrogen) atoms. The van der Waals surface area contributed by atoms with Crippen LogP contribution in [0.25, 0.3) is 0 Å². The molecule has 1 fully saturated rings. The van der Waals surface area contributed by atoms with Gasteiger partial charge in [0.15, 0.2) is 0 Å². The minimum Gasteiger partial charge on any atom is -0.395 e. The molecule has 0 saturated carbocycles. The van der Waals surface area contributed by atoms with Crippen molar-refractivity contribution in [2.75, 3.05) is 25.4 Å². The Kier molecular flexibility index (Phi) is 6.10. The maximum atomic E-state index is 11.8. The third kappa shape index (κ3) is 4.89. The standard InChI is InChI=1S/C11H21NO2S/c1-10(8-13)15-9-11(14)12-6-4-2-3-5-7-12/h10,13H,2-9H2,1H3. The van der Waals surface area contributed by atoms with Gasteiger partial charge in [0.1, 0.15) is 0 Å². The molecule has 1 aliphatic heterocycles. The van der Waals surface area contributed by atoms with Gasteiger partial charge in [0.25, 0.3) is 0 Å². The monoisotopic (exact) mass is 231 g/mol. The van der Waals surface area contributed by atoms with Gasteiger partial charge in [0.05, 0.1) is 12.4 Å². The van der Waals surface area contributed by atoms with Crippen LogP contribution >= 0.6 is 11.8 Å². The van der Waals surface area contributed by atoms with E-state index in [4.69, 9.17) is 5.11 Å². The van der Waals surface area contributed by atoms with Crippen molar-refractivity contribution in [1.29, 1.82) is 0 Å². The first-order chi connectivity index (χ1) is 7.24. The second-order valence-corrected chi connectivity index (χ2v) is 5.53. The normalized spacial score (nSPS) is 19.7. The molecule has 1 atom stereocenters. The van der Waals surface area contributed by atoms with Crippen molar-refractivity contribution in [3.8, 4) is 0 Å². The van der Waals surface area contributed by atoms with Gasteiger partial charge < -0.3 is 10.0 Å². The SMILES string of the molecule is CC(CO)SCC(=O)N1CCCCCC1. The molecule has 0 aliphatic carbocycles. The van der Waals surface area contributed by atoms with E-state index in [1.807, 2.05) is 11.8 Å². The molecule has 4 heteroatoms. The van der Waals surface area contributed by atoms with Gasteiger partial charge in [-0.15, -0.1) is 11.8 Å². The average molecular weight is 231 g/mol. The Morgan fingerprint density at radius 1 is 1.33 bits per heavy atom. The summed E-state index contributed by atoms with van der Waals surface area (Å²) in [5.74, 6) is 0.754. The molecule has 3 nitrogen and oxygen atoms in total. The van der Waals surface area contributed by atoms with E-state index >= 15 is 0 Å². The zero-order valence-electron chi connectivity index (χ0n) is 9.45. The van der Waals surface area contributed by atoms with Crippen LogP contribution in [0.15, 0.2) is 0 Å². The molecule has 1 heterocycles. The highest BCUT2D eigenvalue weighted by atomic mass is 32.2. The number of hydrogen-bond donors (Lipinski definition) is 1. The number of carbonyl (C=O) groups excluding carboxylic acids is 1. The van der Waals surface area contributed by atoms with E-state index in [9.17, 15) is 4.79 Å². The van der Waals surface area contributed by atoms with Gasteiger partial charge >= 0.3 is 0 Å². The fourth-order valence-corrected chi connectivity index (χ4v) is 2.39. The summed E-state index contributed by atoms with van der Waals surface area (Å²) in [4.78, 5) is 13.8. The van der Waals surface area contributed by atoms with Crippen molar-refractivity contribution in [1.82, 2.24) is 4.90 Å². The summed E-state index contributed by atoms with van der Waals surface area (Å²) in [6.07, 6.45) is 4.80. The summed E-state index contributed by atoms with van der Waals surface area (Å²) in [6.45, 7) is 3.94. The van der Waals surface area contributed by atoms with E-state index in [1.54, 1.807) is 11.8 Å². The first-order valence-electron chi connectivity index (χ1n) is 5.74. The Balaban J connectivity index is 2.25. The molecule has 1 amide bonds. The molecule has 0 aromatic carbocycles. The molecule has 0 aromatic heterocycles. The molecular formula is C11H21NO2S. The van der Waals surface area contributed by atoms with Gasteiger partial charge in [-0.05, 0) is 12.8 Å². The van der Waals surface area contributed by atoms with Crippen molar-refractivity contribution >= 4 is 17.7 Å². The fraction of sp³-hybridized carbons (Fsp3) is 0.909. The molecule has 88 valence electrons. The van der Waals surface area contributed by atoms with Crippen LogP contribution in [0.2, 0.25) is 0 Å². The topological polar surface area (TPSA) is 40.5 Å². The molecule has 0 bridgehead atoms. The van der Waals surface area contributed by atoms with Crippen LogP contribution in [-0.4, -0.2) is 46.6 Å².